The number of carbonyl (C=O) groups excluding carboxylic acids is 2. The van der Waals surface area contributed by atoms with E-state index in [2.05, 4.69) is 0 Å². The SMILES string of the molecule is COc1ccc(/C=C/C(=O)OCCOCCCC(=O)OC(C)(C)C)cc1OC. The molecule has 7 heteroatoms. The Bertz CT molecular complexity index is 659. The van der Waals surface area contributed by atoms with Crippen molar-refractivity contribution in [3.05, 3.63) is 29.8 Å². The maximum atomic E-state index is 11.7. The molecule has 0 saturated heterocycles. The van der Waals surface area contributed by atoms with Gasteiger partial charge in [0.1, 0.15) is 12.2 Å². The van der Waals surface area contributed by atoms with Crippen LogP contribution in [-0.4, -0.2) is 51.6 Å². The van der Waals surface area contributed by atoms with E-state index in [0.717, 1.165) is 5.56 Å². The largest absolute Gasteiger partial charge is 0.493 e. The molecule has 0 aliphatic carbocycles. The van der Waals surface area contributed by atoms with Crippen molar-refractivity contribution < 1.29 is 33.3 Å². The Morgan fingerprint density at radius 3 is 2.36 bits per heavy atom. The Hall–Kier alpha value is -2.54. The van der Waals surface area contributed by atoms with Gasteiger partial charge < -0.3 is 23.7 Å². The van der Waals surface area contributed by atoms with Crippen molar-refractivity contribution in [2.75, 3.05) is 34.0 Å². The topological polar surface area (TPSA) is 80.3 Å². The smallest absolute Gasteiger partial charge is 0.330 e. The third-order valence-electron chi connectivity index (χ3n) is 3.38. The Morgan fingerprint density at radius 1 is 1.00 bits per heavy atom. The van der Waals surface area contributed by atoms with Gasteiger partial charge >= 0.3 is 11.9 Å². The van der Waals surface area contributed by atoms with Gasteiger partial charge in [0, 0.05) is 19.1 Å². The van der Waals surface area contributed by atoms with Gasteiger partial charge in [0.2, 0.25) is 0 Å². The first-order valence-electron chi connectivity index (χ1n) is 9.11. The Kier molecular flexibility index (Phi) is 10.1. The average molecular weight is 394 g/mol. The first-order chi connectivity index (χ1) is 13.2. The van der Waals surface area contributed by atoms with Gasteiger partial charge in [-0.15, -0.1) is 0 Å². The molecule has 1 aromatic carbocycles. The fourth-order valence-electron chi connectivity index (χ4n) is 2.18. The second-order valence-corrected chi connectivity index (χ2v) is 6.92. The van der Waals surface area contributed by atoms with Crippen LogP contribution in [0.3, 0.4) is 0 Å². The average Bonchev–Trinajstić information content (AvgIpc) is 2.63. The summed E-state index contributed by atoms with van der Waals surface area (Å²) in [5.41, 5.74) is 0.310. The molecule has 0 radical (unpaired) electrons. The van der Waals surface area contributed by atoms with Crippen LogP contribution in [0.2, 0.25) is 0 Å². The highest BCUT2D eigenvalue weighted by Gasteiger charge is 2.15. The Balaban J connectivity index is 2.20. The molecular formula is C21H30O7. The number of hydrogen-bond donors (Lipinski definition) is 0. The van der Waals surface area contributed by atoms with Gasteiger partial charge in [-0.2, -0.15) is 0 Å². The molecule has 0 heterocycles. The van der Waals surface area contributed by atoms with Crippen LogP contribution in [0.15, 0.2) is 24.3 Å². The molecule has 0 bridgehead atoms. The van der Waals surface area contributed by atoms with Crippen LogP contribution < -0.4 is 9.47 Å². The van der Waals surface area contributed by atoms with Gasteiger partial charge in [0.15, 0.2) is 11.5 Å². The van der Waals surface area contributed by atoms with E-state index in [4.69, 9.17) is 23.7 Å². The van der Waals surface area contributed by atoms with Crippen LogP contribution in [0, 0.1) is 0 Å². The molecule has 0 spiro atoms. The molecule has 28 heavy (non-hydrogen) atoms. The van der Waals surface area contributed by atoms with Crippen LogP contribution in [0.5, 0.6) is 11.5 Å². The van der Waals surface area contributed by atoms with E-state index in [1.54, 1.807) is 38.5 Å². The summed E-state index contributed by atoms with van der Waals surface area (Å²) in [4.78, 5) is 23.3. The summed E-state index contributed by atoms with van der Waals surface area (Å²) in [6.07, 6.45) is 3.82. The third-order valence-corrected chi connectivity index (χ3v) is 3.38. The standard InChI is InChI=1S/C21H30O7/c1-21(2,3)28-20(23)7-6-12-26-13-14-27-19(22)11-9-16-8-10-17(24-4)18(15-16)25-5/h8-11,15H,6-7,12-14H2,1-5H3/b11-9+. The minimum atomic E-state index is -0.476. The second-order valence-electron chi connectivity index (χ2n) is 6.92. The zero-order chi connectivity index (χ0) is 21.0. The number of carbonyl (C=O) groups is 2. The molecule has 0 aromatic heterocycles. The molecule has 0 fully saturated rings. The lowest BCUT2D eigenvalue weighted by Gasteiger charge is -2.19. The van der Waals surface area contributed by atoms with Gasteiger partial charge in [0.25, 0.3) is 0 Å². The molecule has 0 unspecified atom stereocenters. The van der Waals surface area contributed by atoms with E-state index in [1.165, 1.54) is 6.08 Å². The molecule has 0 aliphatic rings. The maximum Gasteiger partial charge on any atom is 0.330 e. The van der Waals surface area contributed by atoms with E-state index in [-0.39, 0.29) is 19.2 Å². The van der Waals surface area contributed by atoms with Gasteiger partial charge in [-0.25, -0.2) is 4.79 Å². The molecule has 156 valence electrons. The molecular weight excluding hydrogens is 364 g/mol. The number of rotatable bonds is 11. The highest BCUT2D eigenvalue weighted by molar-refractivity contribution is 5.87. The molecule has 0 aliphatic heterocycles. The summed E-state index contributed by atoms with van der Waals surface area (Å²) in [5, 5.41) is 0. The monoisotopic (exact) mass is 394 g/mol. The highest BCUT2D eigenvalue weighted by Crippen LogP contribution is 2.27. The van der Waals surface area contributed by atoms with E-state index in [0.29, 0.717) is 30.9 Å². The van der Waals surface area contributed by atoms with Gasteiger partial charge in [-0.05, 0) is 51.0 Å². The molecule has 1 rings (SSSR count). The van der Waals surface area contributed by atoms with Crippen molar-refractivity contribution in [1.29, 1.82) is 0 Å². The number of esters is 2. The first kappa shape index (κ1) is 23.5. The normalized spacial score (nSPS) is 11.3. The summed E-state index contributed by atoms with van der Waals surface area (Å²) >= 11 is 0. The quantitative estimate of drug-likeness (QED) is 0.323. The molecule has 7 nitrogen and oxygen atoms in total. The van der Waals surface area contributed by atoms with E-state index >= 15 is 0 Å². The Labute approximate surface area is 166 Å². The number of hydrogen-bond acceptors (Lipinski definition) is 7. The van der Waals surface area contributed by atoms with Crippen LogP contribution in [-0.2, 0) is 23.8 Å². The minimum absolute atomic E-state index is 0.140. The minimum Gasteiger partial charge on any atom is -0.493 e. The van der Waals surface area contributed by atoms with Crippen molar-refractivity contribution in [3.63, 3.8) is 0 Å². The number of benzene rings is 1. The van der Waals surface area contributed by atoms with Crippen molar-refractivity contribution >= 4 is 18.0 Å². The predicted molar refractivity (Wildman–Crippen MR) is 105 cm³/mol. The van der Waals surface area contributed by atoms with E-state index in [9.17, 15) is 9.59 Å². The maximum absolute atomic E-state index is 11.7. The number of methoxy groups -OCH3 is 2. The van der Waals surface area contributed by atoms with Crippen molar-refractivity contribution in [1.82, 2.24) is 0 Å². The lowest BCUT2D eigenvalue weighted by atomic mass is 10.2. The molecule has 0 amide bonds. The first-order valence-corrected chi connectivity index (χ1v) is 9.11. The predicted octanol–water partition coefficient (Wildman–Crippen LogP) is 3.40. The summed E-state index contributed by atoms with van der Waals surface area (Å²) in [6.45, 7) is 6.30. The zero-order valence-corrected chi connectivity index (χ0v) is 17.3. The van der Waals surface area contributed by atoms with E-state index in [1.807, 2.05) is 20.8 Å². The van der Waals surface area contributed by atoms with Crippen LogP contribution in [0.4, 0.5) is 0 Å². The Morgan fingerprint density at radius 2 is 1.71 bits per heavy atom. The molecule has 0 N–H and O–H groups in total. The summed E-state index contributed by atoms with van der Waals surface area (Å²) in [7, 11) is 3.11. The molecule has 0 atom stereocenters. The van der Waals surface area contributed by atoms with Crippen LogP contribution in [0.1, 0.15) is 39.2 Å². The second kappa shape index (κ2) is 12.0. The van der Waals surface area contributed by atoms with Crippen molar-refractivity contribution in [3.8, 4) is 11.5 Å². The molecule has 1 aromatic rings. The fraction of sp³-hybridized carbons (Fsp3) is 0.524. The van der Waals surface area contributed by atoms with Gasteiger partial charge in [-0.3, -0.25) is 4.79 Å². The lowest BCUT2D eigenvalue weighted by molar-refractivity contribution is -0.155. The molecule has 0 saturated carbocycles. The summed E-state index contributed by atoms with van der Waals surface area (Å²) < 4.78 is 26.0. The van der Waals surface area contributed by atoms with Crippen molar-refractivity contribution in [2.24, 2.45) is 0 Å². The third kappa shape index (κ3) is 9.97. The van der Waals surface area contributed by atoms with Crippen molar-refractivity contribution in [2.45, 2.75) is 39.2 Å². The summed E-state index contributed by atoms with van der Waals surface area (Å²) in [6, 6.07) is 5.32. The lowest BCUT2D eigenvalue weighted by Crippen LogP contribution is -2.23. The number of ether oxygens (including phenoxy) is 5. The zero-order valence-electron chi connectivity index (χ0n) is 17.3. The highest BCUT2D eigenvalue weighted by atomic mass is 16.6. The van der Waals surface area contributed by atoms with Gasteiger partial charge in [-0.1, -0.05) is 6.07 Å². The van der Waals surface area contributed by atoms with Crippen LogP contribution >= 0.6 is 0 Å². The fourth-order valence-corrected chi connectivity index (χ4v) is 2.18. The van der Waals surface area contributed by atoms with Gasteiger partial charge in [0.05, 0.1) is 20.8 Å². The van der Waals surface area contributed by atoms with Crippen LogP contribution in [0.25, 0.3) is 6.08 Å². The summed E-state index contributed by atoms with van der Waals surface area (Å²) in [5.74, 6) is 0.485. The van der Waals surface area contributed by atoms with E-state index < -0.39 is 11.6 Å².